The number of carbonyl (C=O) groups is 2. The molecule has 0 N–H and O–H groups in total. The Labute approximate surface area is 133 Å². The highest BCUT2D eigenvalue weighted by Crippen LogP contribution is 2.32. The lowest BCUT2D eigenvalue weighted by molar-refractivity contribution is -0.137. The summed E-state index contributed by atoms with van der Waals surface area (Å²) < 4.78 is 18.5. The minimum Gasteiger partial charge on any atom is -0.378 e. The van der Waals surface area contributed by atoms with Gasteiger partial charge in [0.1, 0.15) is 11.5 Å². The Morgan fingerprint density at radius 1 is 1.13 bits per heavy atom. The van der Waals surface area contributed by atoms with Crippen LogP contribution < -0.4 is 0 Å². The third kappa shape index (κ3) is 2.77. The molecule has 0 atom stereocenters. The van der Waals surface area contributed by atoms with E-state index in [0.29, 0.717) is 43.1 Å². The van der Waals surface area contributed by atoms with Gasteiger partial charge in [-0.25, -0.2) is 4.39 Å². The van der Waals surface area contributed by atoms with Crippen molar-refractivity contribution in [2.75, 3.05) is 32.8 Å². The molecule has 1 fully saturated rings. The number of rotatable bonds is 4. The summed E-state index contributed by atoms with van der Waals surface area (Å²) in [6.45, 7) is 5.83. The molecule has 0 saturated carbocycles. The molecule has 0 unspecified atom stereocenters. The van der Waals surface area contributed by atoms with E-state index in [-0.39, 0.29) is 24.2 Å². The second-order valence-corrected chi connectivity index (χ2v) is 5.34. The number of halogens is 1. The van der Waals surface area contributed by atoms with E-state index in [9.17, 15) is 14.0 Å². The number of hydrogen-bond acceptors (Lipinski definition) is 4. The van der Waals surface area contributed by atoms with Crippen LogP contribution in [0.15, 0.2) is 42.6 Å². The van der Waals surface area contributed by atoms with Gasteiger partial charge in [0, 0.05) is 19.6 Å². The Morgan fingerprint density at radius 3 is 2.39 bits per heavy atom. The molecule has 0 aliphatic carbocycles. The average Bonchev–Trinajstić information content (AvgIpc) is 2.81. The van der Waals surface area contributed by atoms with Crippen LogP contribution in [0.2, 0.25) is 0 Å². The smallest absolute Gasteiger partial charge is 0.278 e. The summed E-state index contributed by atoms with van der Waals surface area (Å²) in [5.41, 5.74) is 1.23. The van der Waals surface area contributed by atoms with Crippen LogP contribution in [0.3, 0.4) is 0 Å². The van der Waals surface area contributed by atoms with E-state index in [1.54, 1.807) is 0 Å². The highest BCUT2D eigenvalue weighted by molar-refractivity contribution is 6.35. The van der Waals surface area contributed by atoms with Crippen LogP contribution >= 0.6 is 0 Å². The lowest BCUT2D eigenvalue weighted by atomic mass is 10.0. The van der Waals surface area contributed by atoms with Crippen LogP contribution in [0, 0.1) is 5.82 Å². The van der Waals surface area contributed by atoms with Crippen molar-refractivity contribution in [1.29, 1.82) is 0 Å². The van der Waals surface area contributed by atoms with Gasteiger partial charge in [-0.3, -0.25) is 14.5 Å². The summed E-state index contributed by atoms with van der Waals surface area (Å²) in [6.07, 6.45) is 1.51. The molecule has 120 valence electrons. The normalized spacial score (nSPS) is 18.8. The molecule has 0 spiro atoms. The molecular formula is C17H17FN2O3. The highest BCUT2D eigenvalue weighted by atomic mass is 19.1. The van der Waals surface area contributed by atoms with Gasteiger partial charge < -0.3 is 9.64 Å². The number of nitrogens with zero attached hydrogens (tertiary/aromatic N) is 2. The van der Waals surface area contributed by atoms with Crippen molar-refractivity contribution < 1.29 is 18.7 Å². The van der Waals surface area contributed by atoms with Crippen LogP contribution in [0.25, 0.3) is 5.57 Å². The molecule has 6 heteroatoms. The Bertz CT molecular complexity index is 676. The maximum Gasteiger partial charge on any atom is 0.278 e. The van der Waals surface area contributed by atoms with Gasteiger partial charge >= 0.3 is 0 Å². The Morgan fingerprint density at radius 2 is 1.78 bits per heavy atom. The van der Waals surface area contributed by atoms with Gasteiger partial charge in [-0.05, 0) is 17.7 Å². The largest absolute Gasteiger partial charge is 0.378 e. The fourth-order valence-corrected chi connectivity index (χ4v) is 2.82. The zero-order valence-electron chi connectivity index (χ0n) is 12.6. The molecule has 1 aromatic carbocycles. The molecule has 23 heavy (non-hydrogen) atoms. The molecule has 5 nitrogen and oxygen atoms in total. The summed E-state index contributed by atoms with van der Waals surface area (Å²) in [6, 6.07) is 5.61. The third-order valence-electron chi connectivity index (χ3n) is 3.92. The SMILES string of the molecule is C=CCN1C(=O)C(c2ccc(F)cc2)=C(N2CCOCC2)C1=O. The van der Waals surface area contributed by atoms with Crippen molar-refractivity contribution in [3.8, 4) is 0 Å². The monoisotopic (exact) mass is 316 g/mol. The van der Waals surface area contributed by atoms with E-state index in [1.165, 1.54) is 30.3 Å². The maximum absolute atomic E-state index is 13.2. The molecule has 3 rings (SSSR count). The summed E-state index contributed by atoms with van der Waals surface area (Å²) in [5.74, 6) is -1.10. The van der Waals surface area contributed by atoms with Crippen molar-refractivity contribution in [2.45, 2.75) is 0 Å². The number of amides is 2. The van der Waals surface area contributed by atoms with Crippen molar-refractivity contribution in [1.82, 2.24) is 9.80 Å². The van der Waals surface area contributed by atoms with E-state index in [4.69, 9.17) is 4.74 Å². The quantitative estimate of drug-likeness (QED) is 0.623. The average molecular weight is 316 g/mol. The predicted octanol–water partition coefficient (Wildman–Crippen LogP) is 1.42. The zero-order valence-corrected chi connectivity index (χ0v) is 12.6. The number of carbonyl (C=O) groups excluding carboxylic acids is 2. The first kappa shape index (κ1) is 15.4. The van der Waals surface area contributed by atoms with Crippen molar-refractivity contribution in [3.05, 3.63) is 54.0 Å². The van der Waals surface area contributed by atoms with E-state index >= 15 is 0 Å². The molecule has 0 bridgehead atoms. The van der Waals surface area contributed by atoms with Gasteiger partial charge in [-0.2, -0.15) is 0 Å². The summed E-state index contributed by atoms with van der Waals surface area (Å²) in [4.78, 5) is 28.4. The van der Waals surface area contributed by atoms with E-state index in [2.05, 4.69) is 6.58 Å². The van der Waals surface area contributed by atoms with Crippen LogP contribution in [-0.2, 0) is 14.3 Å². The van der Waals surface area contributed by atoms with E-state index in [0.717, 1.165) is 4.90 Å². The predicted molar refractivity (Wildman–Crippen MR) is 82.6 cm³/mol. The van der Waals surface area contributed by atoms with Gasteiger partial charge in [0.25, 0.3) is 11.8 Å². The first-order chi connectivity index (χ1) is 11.1. The molecule has 0 aromatic heterocycles. The second-order valence-electron chi connectivity index (χ2n) is 5.34. The second kappa shape index (κ2) is 6.34. The molecular weight excluding hydrogens is 299 g/mol. The van der Waals surface area contributed by atoms with Crippen LogP contribution in [0.5, 0.6) is 0 Å². The summed E-state index contributed by atoms with van der Waals surface area (Å²) >= 11 is 0. The van der Waals surface area contributed by atoms with Gasteiger partial charge in [0.15, 0.2) is 0 Å². The van der Waals surface area contributed by atoms with Crippen molar-refractivity contribution in [3.63, 3.8) is 0 Å². The zero-order chi connectivity index (χ0) is 16.4. The first-order valence-corrected chi connectivity index (χ1v) is 7.43. The van der Waals surface area contributed by atoms with Gasteiger partial charge in [0.2, 0.25) is 0 Å². The van der Waals surface area contributed by atoms with E-state index < -0.39 is 0 Å². The summed E-state index contributed by atoms with van der Waals surface area (Å²) in [7, 11) is 0. The van der Waals surface area contributed by atoms with Crippen LogP contribution in [-0.4, -0.2) is 54.5 Å². The minimum atomic E-state index is -0.387. The van der Waals surface area contributed by atoms with Crippen molar-refractivity contribution >= 4 is 17.4 Å². The van der Waals surface area contributed by atoms with Crippen molar-refractivity contribution in [2.24, 2.45) is 0 Å². The fraction of sp³-hybridized carbons (Fsp3) is 0.294. The standard InChI is InChI=1S/C17H17FN2O3/c1-2-7-20-16(21)14(12-3-5-13(18)6-4-12)15(17(20)22)19-8-10-23-11-9-19/h2-6H,1,7-11H2. The molecule has 2 amide bonds. The molecule has 0 radical (unpaired) electrons. The lowest BCUT2D eigenvalue weighted by Gasteiger charge is -2.29. The van der Waals surface area contributed by atoms with Crippen LogP contribution in [0.4, 0.5) is 4.39 Å². The number of morpholine rings is 1. The Hall–Kier alpha value is -2.47. The lowest BCUT2D eigenvalue weighted by Crippen LogP contribution is -2.40. The molecule has 2 aliphatic rings. The third-order valence-corrected chi connectivity index (χ3v) is 3.92. The number of hydrogen-bond donors (Lipinski definition) is 0. The molecule has 2 heterocycles. The Balaban J connectivity index is 2.07. The number of benzene rings is 1. The number of ether oxygens (including phenoxy) is 1. The van der Waals surface area contributed by atoms with E-state index in [1.807, 2.05) is 4.90 Å². The van der Waals surface area contributed by atoms with Gasteiger partial charge in [-0.1, -0.05) is 18.2 Å². The molecule has 1 saturated heterocycles. The van der Waals surface area contributed by atoms with Gasteiger partial charge in [-0.15, -0.1) is 6.58 Å². The Kier molecular flexibility index (Phi) is 4.25. The highest BCUT2D eigenvalue weighted by Gasteiger charge is 2.41. The first-order valence-electron chi connectivity index (χ1n) is 7.43. The topological polar surface area (TPSA) is 49.9 Å². The van der Waals surface area contributed by atoms with Crippen LogP contribution in [0.1, 0.15) is 5.56 Å². The number of imide groups is 1. The molecule has 2 aliphatic heterocycles. The fourth-order valence-electron chi connectivity index (χ4n) is 2.82. The molecule has 1 aromatic rings. The summed E-state index contributed by atoms with van der Waals surface area (Å²) in [5, 5.41) is 0. The minimum absolute atomic E-state index is 0.149. The van der Waals surface area contributed by atoms with Gasteiger partial charge in [0.05, 0.1) is 18.8 Å². The maximum atomic E-state index is 13.2.